The number of aromatic nitrogens is 1. The first kappa shape index (κ1) is 17.3. The first-order valence-electron chi connectivity index (χ1n) is 7.83. The largest absolute Gasteiger partial charge is 0.497 e. The van der Waals surface area contributed by atoms with E-state index in [0.717, 1.165) is 35.2 Å². The molecule has 0 radical (unpaired) electrons. The van der Waals surface area contributed by atoms with Gasteiger partial charge >= 0.3 is 0 Å². The Morgan fingerprint density at radius 1 is 1.30 bits per heavy atom. The summed E-state index contributed by atoms with van der Waals surface area (Å²) < 4.78 is 5.24. The topological polar surface area (TPSA) is 58.5 Å². The second-order valence-corrected chi connectivity index (χ2v) is 6.17. The Morgan fingerprint density at radius 3 is 2.87 bits per heavy atom. The van der Waals surface area contributed by atoms with Crippen molar-refractivity contribution in [3.05, 3.63) is 45.9 Å². The van der Waals surface area contributed by atoms with Gasteiger partial charge in [0.15, 0.2) is 5.96 Å². The number of benzene rings is 1. The van der Waals surface area contributed by atoms with Crippen LogP contribution in [-0.2, 0) is 19.5 Å². The van der Waals surface area contributed by atoms with Gasteiger partial charge in [-0.05, 0) is 31.0 Å². The summed E-state index contributed by atoms with van der Waals surface area (Å²) in [5.74, 6) is 1.65. The van der Waals surface area contributed by atoms with Gasteiger partial charge in [0.25, 0.3) is 0 Å². The number of aliphatic imine (C=N–C) groups is 1. The molecule has 0 fully saturated rings. The molecule has 1 aromatic heterocycles. The number of thiazole rings is 1. The minimum atomic E-state index is 0.602. The molecule has 0 spiro atoms. The Balaban J connectivity index is 1.95. The van der Waals surface area contributed by atoms with E-state index >= 15 is 0 Å². The molecule has 0 aliphatic heterocycles. The standard InChI is InChI=1S/C17H24N4OS/c1-4-15-11-19-16(23-15)12-21-17(18-5-2)20-10-13-7-6-8-14(9-13)22-3/h6-9,11H,4-5,10,12H2,1-3H3,(H2,18,20,21). The molecule has 124 valence electrons. The Hall–Kier alpha value is -2.08. The lowest BCUT2D eigenvalue weighted by Gasteiger charge is -2.10. The molecular weight excluding hydrogens is 308 g/mol. The predicted molar refractivity (Wildman–Crippen MR) is 96.1 cm³/mol. The third kappa shape index (κ3) is 5.56. The number of nitrogens with one attached hydrogen (secondary N) is 2. The van der Waals surface area contributed by atoms with Gasteiger partial charge in [-0.2, -0.15) is 0 Å². The zero-order valence-electron chi connectivity index (χ0n) is 13.9. The summed E-state index contributed by atoms with van der Waals surface area (Å²) in [4.78, 5) is 10.3. The van der Waals surface area contributed by atoms with Crippen molar-refractivity contribution < 1.29 is 4.74 Å². The minimum absolute atomic E-state index is 0.602. The van der Waals surface area contributed by atoms with E-state index in [9.17, 15) is 0 Å². The van der Waals surface area contributed by atoms with Crippen molar-refractivity contribution in [2.75, 3.05) is 13.7 Å². The zero-order valence-corrected chi connectivity index (χ0v) is 14.7. The average molecular weight is 332 g/mol. The third-order valence-corrected chi connectivity index (χ3v) is 4.40. The van der Waals surface area contributed by atoms with Crippen molar-refractivity contribution in [2.24, 2.45) is 4.99 Å². The second-order valence-electron chi connectivity index (χ2n) is 4.97. The molecule has 0 unspecified atom stereocenters. The highest BCUT2D eigenvalue weighted by atomic mass is 32.1. The van der Waals surface area contributed by atoms with E-state index in [4.69, 9.17) is 4.74 Å². The molecule has 6 heteroatoms. The van der Waals surface area contributed by atoms with Crippen LogP contribution in [0.15, 0.2) is 35.5 Å². The Labute approximate surface area is 141 Å². The van der Waals surface area contributed by atoms with Crippen LogP contribution >= 0.6 is 11.3 Å². The normalized spacial score (nSPS) is 11.3. The van der Waals surface area contributed by atoms with Crippen molar-refractivity contribution in [1.82, 2.24) is 15.6 Å². The minimum Gasteiger partial charge on any atom is -0.497 e. The molecule has 2 aromatic rings. The van der Waals surface area contributed by atoms with Crippen LogP contribution in [0.1, 0.15) is 29.3 Å². The fraction of sp³-hybridized carbons (Fsp3) is 0.412. The highest BCUT2D eigenvalue weighted by molar-refractivity contribution is 7.11. The molecule has 0 aliphatic rings. The molecule has 0 amide bonds. The van der Waals surface area contributed by atoms with Crippen LogP contribution in [0.2, 0.25) is 0 Å². The van der Waals surface area contributed by atoms with Gasteiger partial charge in [0.2, 0.25) is 0 Å². The summed E-state index contributed by atoms with van der Waals surface area (Å²) in [6.45, 7) is 6.31. The van der Waals surface area contributed by atoms with Gasteiger partial charge in [-0.25, -0.2) is 9.98 Å². The van der Waals surface area contributed by atoms with Crippen LogP contribution in [0.25, 0.3) is 0 Å². The number of nitrogens with zero attached hydrogens (tertiary/aromatic N) is 2. The smallest absolute Gasteiger partial charge is 0.191 e. The molecule has 2 N–H and O–H groups in total. The van der Waals surface area contributed by atoms with E-state index in [2.05, 4.69) is 34.5 Å². The summed E-state index contributed by atoms with van der Waals surface area (Å²) >= 11 is 1.74. The fourth-order valence-electron chi connectivity index (χ4n) is 2.04. The second kappa shape index (κ2) is 9.15. The molecule has 1 aromatic carbocycles. The monoisotopic (exact) mass is 332 g/mol. The molecule has 5 nitrogen and oxygen atoms in total. The molecule has 0 saturated heterocycles. The van der Waals surface area contributed by atoms with Crippen molar-refractivity contribution in [1.29, 1.82) is 0 Å². The highest BCUT2D eigenvalue weighted by Gasteiger charge is 2.03. The van der Waals surface area contributed by atoms with E-state index in [1.165, 1.54) is 4.88 Å². The SMILES string of the molecule is CCNC(=NCc1cccc(OC)c1)NCc1ncc(CC)s1. The lowest BCUT2D eigenvalue weighted by Crippen LogP contribution is -2.36. The van der Waals surface area contributed by atoms with Crippen LogP contribution in [0.3, 0.4) is 0 Å². The van der Waals surface area contributed by atoms with E-state index in [-0.39, 0.29) is 0 Å². The van der Waals surface area contributed by atoms with Gasteiger partial charge in [0, 0.05) is 17.6 Å². The molecule has 0 aliphatic carbocycles. The van der Waals surface area contributed by atoms with E-state index < -0.39 is 0 Å². The Morgan fingerprint density at radius 2 is 2.17 bits per heavy atom. The lowest BCUT2D eigenvalue weighted by molar-refractivity contribution is 0.414. The summed E-state index contributed by atoms with van der Waals surface area (Å²) in [6.07, 6.45) is 2.98. The Bertz CT molecular complexity index is 639. The number of ether oxygens (including phenoxy) is 1. The first-order valence-corrected chi connectivity index (χ1v) is 8.65. The predicted octanol–water partition coefficient (Wildman–Crippen LogP) is 2.97. The molecule has 0 bridgehead atoms. The van der Waals surface area contributed by atoms with E-state index in [1.807, 2.05) is 30.5 Å². The average Bonchev–Trinajstić information content (AvgIpc) is 3.05. The summed E-state index contributed by atoms with van der Waals surface area (Å²) in [6, 6.07) is 7.96. The number of rotatable bonds is 7. The summed E-state index contributed by atoms with van der Waals surface area (Å²) in [7, 11) is 1.67. The van der Waals surface area contributed by atoms with Crippen LogP contribution in [0.4, 0.5) is 0 Å². The van der Waals surface area contributed by atoms with Gasteiger partial charge < -0.3 is 15.4 Å². The number of hydrogen-bond acceptors (Lipinski definition) is 4. The third-order valence-electron chi connectivity index (χ3n) is 3.26. The molecule has 2 rings (SSSR count). The van der Waals surface area contributed by atoms with Gasteiger partial charge in [0.05, 0.1) is 20.2 Å². The molecule has 0 atom stereocenters. The number of methoxy groups -OCH3 is 1. The maximum Gasteiger partial charge on any atom is 0.191 e. The number of guanidine groups is 1. The summed E-state index contributed by atoms with van der Waals surface area (Å²) in [5.41, 5.74) is 1.11. The zero-order chi connectivity index (χ0) is 16.5. The van der Waals surface area contributed by atoms with E-state index in [1.54, 1.807) is 18.4 Å². The number of aryl methyl sites for hydroxylation is 1. The van der Waals surface area contributed by atoms with Crippen LogP contribution in [0.5, 0.6) is 5.75 Å². The van der Waals surface area contributed by atoms with Gasteiger partial charge in [-0.15, -0.1) is 11.3 Å². The van der Waals surface area contributed by atoms with E-state index in [0.29, 0.717) is 13.1 Å². The van der Waals surface area contributed by atoms with Gasteiger partial charge in [-0.3, -0.25) is 0 Å². The van der Waals surface area contributed by atoms with Crippen molar-refractivity contribution in [2.45, 2.75) is 33.4 Å². The maximum atomic E-state index is 5.24. The molecule has 1 heterocycles. The maximum absolute atomic E-state index is 5.24. The highest BCUT2D eigenvalue weighted by Crippen LogP contribution is 2.14. The van der Waals surface area contributed by atoms with Gasteiger partial charge in [0.1, 0.15) is 10.8 Å². The van der Waals surface area contributed by atoms with Crippen LogP contribution in [0, 0.1) is 0 Å². The lowest BCUT2D eigenvalue weighted by atomic mass is 10.2. The van der Waals surface area contributed by atoms with Crippen molar-refractivity contribution >= 4 is 17.3 Å². The van der Waals surface area contributed by atoms with Crippen LogP contribution in [-0.4, -0.2) is 24.6 Å². The van der Waals surface area contributed by atoms with Crippen LogP contribution < -0.4 is 15.4 Å². The van der Waals surface area contributed by atoms with Crippen molar-refractivity contribution in [3.63, 3.8) is 0 Å². The quantitative estimate of drug-likeness (QED) is 0.604. The van der Waals surface area contributed by atoms with Gasteiger partial charge in [-0.1, -0.05) is 19.1 Å². The fourth-order valence-corrected chi connectivity index (χ4v) is 2.84. The molecule has 0 saturated carbocycles. The number of hydrogen-bond donors (Lipinski definition) is 2. The molecule has 23 heavy (non-hydrogen) atoms. The summed E-state index contributed by atoms with van der Waals surface area (Å²) in [5, 5.41) is 7.66. The van der Waals surface area contributed by atoms with Crippen molar-refractivity contribution in [3.8, 4) is 5.75 Å². The molecular formula is C17H24N4OS. The Kier molecular flexibility index (Phi) is 6.87. The first-order chi connectivity index (χ1) is 11.2.